The molecule has 2 aromatic carbocycles. The lowest BCUT2D eigenvalue weighted by Gasteiger charge is -2.13. The zero-order valence-electron chi connectivity index (χ0n) is 14.2. The fraction of sp³-hybridized carbons (Fsp3) is 0.100. The number of hydrogen-bond donors (Lipinski definition) is 2. The Balaban J connectivity index is 1.83. The normalized spacial score (nSPS) is 10.3. The first kappa shape index (κ1) is 16.5. The molecule has 3 N–H and O–H groups in total. The summed E-state index contributed by atoms with van der Waals surface area (Å²) in [5, 5.41) is 2.89. The Morgan fingerprint density at radius 3 is 2.44 bits per heavy atom. The van der Waals surface area contributed by atoms with Gasteiger partial charge in [-0.25, -0.2) is 0 Å². The van der Waals surface area contributed by atoms with Crippen LogP contribution in [0, 0.1) is 0 Å². The Labute approximate surface area is 147 Å². The highest BCUT2D eigenvalue weighted by molar-refractivity contribution is 6.06. The summed E-state index contributed by atoms with van der Waals surface area (Å²) < 4.78 is 0. The molecule has 3 aromatic rings. The van der Waals surface area contributed by atoms with Gasteiger partial charge in [0, 0.05) is 43.3 Å². The summed E-state index contributed by atoms with van der Waals surface area (Å²) >= 11 is 0. The number of anilines is 3. The van der Waals surface area contributed by atoms with Crippen molar-refractivity contribution in [2.24, 2.45) is 0 Å². The quantitative estimate of drug-likeness (QED) is 0.716. The Hall–Kier alpha value is -3.34. The van der Waals surface area contributed by atoms with Gasteiger partial charge in [-0.05, 0) is 48.0 Å². The lowest BCUT2D eigenvalue weighted by molar-refractivity contribution is 0.102. The molecule has 0 radical (unpaired) electrons. The van der Waals surface area contributed by atoms with Gasteiger partial charge in [0.1, 0.15) is 0 Å². The second-order valence-corrected chi connectivity index (χ2v) is 5.94. The monoisotopic (exact) mass is 332 g/mol. The van der Waals surface area contributed by atoms with Gasteiger partial charge >= 0.3 is 0 Å². The van der Waals surface area contributed by atoms with Gasteiger partial charge in [-0.15, -0.1) is 0 Å². The van der Waals surface area contributed by atoms with E-state index in [9.17, 15) is 4.79 Å². The summed E-state index contributed by atoms with van der Waals surface area (Å²) in [5.74, 6) is -0.194. The number of amides is 1. The van der Waals surface area contributed by atoms with E-state index in [1.165, 1.54) is 0 Å². The van der Waals surface area contributed by atoms with Crippen LogP contribution in [-0.4, -0.2) is 25.0 Å². The molecular weight excluding hydrogens is 312 g/mol. The summed E-state index contributed by atoms with van der Waals surface area (Å²) in [6, 6.07) is 16.8. The van der Waals surface area contributed by atoms with E-state index >= 15 is 0 Å². The van der Waals surface area contributed by atoms with Crippen LogP contribution in [-0.2, 0) is 0 Å². The highest BCUT2D eigenvalue weighted by atomic mass is 16.1. The zero-order valence-corrected chi connectivity index (χ0v) is 14.2. The number of rotatable bonds is 4. The first-order valence-corrected chi connectivity index (χ1v) is 7.93. The fourth-order valence-electron chi connectivity index (χ4n) is 2.48. The average molecular weight is 332 g/mol. The number of nitrogens with two attached hydrogens (primary N) is 1. The van der Waals surface area contributed by atoms with Crippen molar-refractivity contribution in [2.45, 2.75) is 0 Å². The van der Waals surface area contributed by atoms with Gasteiger partial charge in [0.15, 0.2) is 0 Å². The van der Waals surface area contributed by atoms with E-state index in [1.54, 1.807) is 30.6 Å². The molecule has 0 saturated heterocycles. The van der Waals surface area contributed by atoms with Crippen LogP contribution < -0.4 is 16.0 Å². The SMILES string of the molecule is CN(C)c1ccc(C(=O)Nc2cc(-c3cccnc3)ccc2N)cc1. The maximum absolute atomic E-state index is 12.5. The lowest BCUT2D eigenvalue weighted by Crippen LogP contribution is -2.14. The molecule has 0 fully saturated rings. The number of benzene rings is 2. The van der Waals surface area contributed by atoms with E-state index < -0.39 is 0 Å². The summed E-state index contributed by atoms with van der Waals surface area (Å²) in [6.45, 7) is 0. The van der Waals surface area contributed by atoms with Gasteiger partial charge < -0.3 is 16.0 Å². The van der Waals surface area contributed by atoms with E-state index in [0.29, 0.717) is 16.9 Å². The third-order valence-electron chi connectivity index (χ3n) is 3.94. The molecule has 126 valence electrons. The number of hydrogen-bond acceptors (Lipinski definition) is 4. The van der Waals surface area contributed by atoms with Crippen molar-refractivity contribution in [2.75, 3.05) is 30.0 Å². The van der Waals surface area contributed by atoms with E-state index in [0.717, 1.165) is 16.8 Å². The van der Waals surface area contributed by atoms with Gasteiger partial charge in [-0.2, -0.15) is 0 Å². The number of nitrogens with one attached hydrogen (secondary N) is 1. The number of pyridine rings is 1. The molecule has 0 bridgehead atoms. The van der Waals surface area contributed by atoms with Crippen molar-refractivity contribution >= 4 is 23.0 Å². The van der Waals surface area contributed by atoms with Gasteiger partial charge in [-0.3, -0.25) is 9.78 Å². The standard InChI is InChI=1S/C20H20N4O/c1-24(2)17-8-5-14(6-9-17)20(25)23-19-12-15(7-10-18(19)21)16-4-3-11-22-13-16/h3-13H,21H2,1-2H3,(H,23,25). The van der Waals surface area contributed by atoms with Crippen molar-refractivity contribution in [1.29, 1.82) is 0 Å². The molecule has 0 aliphatic rings. The maximum Gasteiger partial charge on any atom is 0.255 e. The molecule has 3 rings (SSSR count). The maximum atomic E-state index is 12.5. The number of aromatic nitrogens is 1. The smallest absolute Gasteiger partial charge is 0.255 e. The minimum Gasteiger partial charge on any atom is -0.397 e. The van der Waals surface area contributed by atoms with Crippen LogP contribution >= 0.6 is 0 Å². The number of nitrogen functional groups attached to an aromatic ring is 1. The molecule has 0 atom stereocenters. The predicted molar refractivity (Wildman–Crippen MR) is 103 cm³/mol. The third-order valence-corrected chi connectivity index (χ3v) is 3.94. The molecule has 1 heterocycles. The highest BCUT2D eigenvalue weighted by Crippen LogP contribution is 2.27. The van der Waals surface area contributed by atoms with Crippen LogP contribution in [0.4, 0.5) is 17.1 Å². The van der Waals surface area contributed by atoms with Crippen LogP contribution in [0.5, 0.6) is 0 Å². The van der Waals surface area contributed by atoms with Crippen molar-refractivity contribution in [1.82, 2.24) is 4.98 Å². The van der Waals surface area contributed by atoms with E-state index in [2.05, 4.69) is 10.3 Å². The summed E-state index contributed by atoms with van der Waals surface area (Å²) in [4.78, 5) is 18.6. The molecule has 1 aromatic heterocycles. The summed E-state index contributed by atoms with van der Waals surface area (Å²) in [6.07, 6.45) is 3.50. The fourth-order valence-corrected chi connectivity index (χ4v) is 2.48. The molecule has 1 amide bonds. The molecule has 0 saturated carbocycles. The molecule has 5 nitrogen and oxygen atoms in total. The largest absolute Gasteiger partial charge is 0.397 e. The first-order valence-electron chi connectivity index (χ1n) is 7.93. The van der Waals surface area contributed by atoms with Crippen LogP contribution in [0.25, 0.3) is 11.1 Å². The van der Waals surface area contributed by atoms with Crippen molar-refractivity contribution in [3.8, 4) is 11.1 Å². The Morgan fingerprint density at radius 2 is 1.80 bits per heavy atom. The average Bonchev–Trinajstić information content (AvgIpc) is 2.64. The van der Waals surface area contributed by atoms with E-state index in [4.69, 9.17) is 5.73 Å². The topological polar surface area (TPSA) is 71.2 Å². The van der Waals surface area contributed by atoms with Crippen molar-refractivity contribution < 1.29 is 4.79 Å². The van der Waals surface area contributed by atoms with E-state index in [1.807, 2.05) is 55.4 Å². The molecule has 0 aliphatic carbocycles. The Bertz CT molecular complexity index is 874. The molecule has 0 aliphatic heterocycles. The second-order valence-electron chi connectivity index (χ2n) is 5.94. The number of carbonyl (C=O) groups excluding carboxylic acids is 1. The van der Waals surface area contributed by atoms with Crippen molar-refractivity contribution in [3.63, 3.8) is 0 Å². The van der Waals surface area contributed by atoms with Gasteiger partial charge in [0.25, 0.3) is 5.91 Å². The van der Waals surface area contributed by atoms with Crippen LogP contribution in [0.2, 0.25) is 0 Å². The summed E-state index contributed by atoms with van der Waals surface area (Å²) in [5.41, 5.74) is 10.7. The summed E-state index contributed by atoms with van der Waals surface area (Å²) in [7, 11) is 3.92. The number of nitrogens with zero attached hydrogens (tertiary/aromatic N) is 2. The second kappa shape index (κ2) is 7.05. The van der Waals surface area contributed by atoms with Gasteiger partial charge in [0.2, 0.25) is 0 Å². The van der Waals surface area contributed by atoms with Crippen LogP contribution in [0.15, 0.2) is 67.0 Å². The third kappa shape index (κ3) is 3.77. The van der Waals surface area contributed by atoms with Gasteiger partial charge in [-0.1, -0.05) is 12.1 Å². The highest BCUT2D eigenvalue weighted by Gasteiger charge is 2.10. The minimum absolute atomic E-state index is 0.194. The lowest BCUT2D eigenvalue weighted by atomic mass is 10.1. The Morgan fingerprint density at radius 1 is 1.04 bits per heavy atom. The first-order chi connectivity index (χ1) is 12.0. The van der Waals surface area contributed by atoms with E-state index in [-0.39, 0.29) is 5.91 Å². The molecular formula is C20H20N4O. The number of carbonyl (C=O) groups is 1. The van der Waals surface area contributed by atoms with Crippen molar-refractivity contribution in [3.05, 3.63) is 72.6 Å². The molecule has 0 unspecified atom stereocenters. The predicted octanol–water partition coefficient (Wildman–Crippen LogP) is 3.65. The van der Waals surface area contributed by atoms with Gasteiger partial charge in [0.05, 0.1) is 11.4 Å². The Kier molecular flexibility index (Phi) is 4.66. The molecule has 25 heavy (non-hydrogen) atoms. The minimum atomic E-state index is -0.194. The molecule has 0 spiro atoms. The van der Waals surface area contributed by atoms with Crippen LogP contribution in [0.1, 0.15) is 10.4 Å². The zero-order chi connectivity index (χ0) is 17.8. The van der Waals surface area contributed by atoms with Crippen LogP contribution in [0.3, 0.4) is 0 Å². The molecule has 5 heteroatoms.